The van der Waals surface area contributed by atoms with Crippen LogP contribution >= 0.6 is 27.3 Å². The van der Waals surface area contributed by atoms with E-state index < -0.39 is 0 Å². The van der Waals surface area contributed by atoms with Crippen LogP contribution in [0.1, 0.15) is 4.88 Å². The summed E-state index contributed by atoms with van der Waals surface area (Å²) in [5.41, 5.74) is 0. The number of rotatable bonds is 3. The minimum absolute atomic E-state index is 0.0688. The molecule has 1 nitrogen and oxygen atoms in total. The lowest BCUT2D eigenvalue weighted by Gasteiger charge is -1.88. The van der Waals surface area contributed by atoms with Crippen molar-refractivity contribution in [2.75, 3.05) is 0 Å². The van der Waals surface area contributed by atoms with E-state index in [0.717, 1.165) is 9.35 Å². The molecule has 0 bridgehead atoms. The van der Waals surface area contributed by atoms with Crippen LogP contribution in [0, 0.1) is 0 Å². The minimum Gasteiger partial charge on any atom is -0.294 e. The number of hydrogen-bond acceptors (Lipinski definition) is 2. The Balaban J connectivity index is 2.64. The molecule has 0 radical (unpaired) electrons. The Kier molecular flexibility index (Phi) is 3.02. The number of allylic oxidation sites excluding steroid dienone is 1. The van der Waals surface area contributed by atoms with Gasteiger partial charge in [0.1, 0.15) is 0 Å². The molecule has 0 aromatic carbocycles. The lowest BCUT2D eigenvalue weighted by atomic mass is 10.2. The molecule has 11 heavy (non-hydrogen) atoms. The second-order valence-corrected chi connectivity index (χ2v) is 3.99. The van der Waals surface area contributed by atoms with Gasteiger partial charge in [0.15, 0.2) is 5.78 Å². The zero-order chi connectivity index (χ0) is 8.27. The van der Waals surface area contributed by atoms with Gasteiger partial charge in [-0.15, -0.1) is 11.3 Å². The SMILES string of the molecule is C=CC(=O)Cc1cc(Br)cs1. The molecule has 0 aliphatic heterocycles. The van der Waals surface area contributed by atoms with Crippen LogP contribution in [-0.4, -0.2) is 5.78 Å². The average molecular weight is 231 g/mol. The van der Waals surface area contributed by atoms with E-state index in [1.807, 2.05) is 11.4 Å². The second-order valence-electron chi connectivity index (χ2n) is 2.08. The van der Waals surface area contributed by atoms with Gasteiger partial charge >= 0.3 is 0 Å². The molecule has 58 valence electrons. The Labute approximate surface area is 77.9 Å². The molecule has 0 aliphatic carbocycles. The Bertz CT molecular complexity index is 277. The van der Waals surface area contributed by atoms with Gasteiger partial charge in [0.2, 0.25) is 0 Å². The zero-order valence-corrected chi connectivity index (χ0v) is 8.24. The van der Waals surface area contributed by atoms with E-state index in [4.69, 9.17) is 0 Å². The molecule has 0 saturated heterocycles. The van der Waals surface area contributed by atoms with E-state index in [0.29, 0.717) is 6.42 Å². The molecule has 0 N–H and O–H groups in total. The van der Waals surface area contributed by atoms with Crippen molar-refractivity contribution in [1.29, 1.82) is 0 Å². The first-order chi connectivity index (χ1) is 5.22. The van der Waals surface area contributed by atoms with E-state index in [9.17, 15) is 4.79 Å². The van der Waals surface area contributed by atoms with Gasteiger partial charge in [-0.2, -0.15) is 0 Å². The molecular formula is C8H7BrOS. The first-order valence-electron chi connectivity index (χ1n) is 3.10. The van der Waals surface area contributed by atoms with Crippen LogP contribution in [0.25, 0.3) is 0 Å². The quantitative estimate of drug-likeness (QED) is 0.731. The molecule has 0 unspecified atom stereocenters. The normalized spacial score (nSPS) is 9.55. The summed E-state index contributed by atoms with van der Waals surface area (Å²) in [4.78, 5) is 11.9. The summed E-state index contributed by atoms with van der Waals surface area (Å²) in [7, 11) is 0. The highest BCUT2D eigenvalue weighted by molar-refractivity contribution is 9.10. The summed E-state index contributed by atoms with van der Waals surface area (Å²) >= 11 is 4.90. The first-order valence-corrected chi connectivity index (χ1v) is 4.78. The molecule has 3 heteroatoms. The molecule has 0 aliphatic rings. The number of halogens is 1. The second kappa shape index (κ2) is 3.83. The zero-order valence-electron chi connectivity index (χ0n) is 5.84. The molecule has 1 heterocycles. The van der Waals surface area contributed by atoms with E-state index in [-0.39, 0.29) is 5.78 Å². The maximum absolute atomic E-state index is 10.9. The highest BCUT2D eigenvalue weighted by atomic mass is 79.9. The van der Waals surface area contributed by atoms with Crippen molar-refractivity contribution < 1.29 is 4.79 Å². The third-order valence-electron chi connectivity index (χ3n) is 1.20. The Morgan fingerprint density at radius 2 is 2.55 bits per heavy atom. The van der Waals surface area contributed by atoms with Crippen molar-refractivity contribution in [3.63, 3.8) is 0 Å². The number of hydrogen-bond donors (Lipinski definition) is 0. The number of ketones is 1. The third-order valence-corrected chi connectivity index (χ3v) is 2.90. The standard InChI is InChI=1S/C8H7BrOS/c1-2-7(10)4-8-3-6(9)5-11-8/h2-3,5H,1,4H2. The minimum atomic E-state index is 0.0688. The Morgan fingerprint density at radius 1 is 1.82 bits per heavy atom. The fourth-order valence-corrected chi connectivity index (χ4v) is 2.15. The fraction of sp³-hybridized carbons (Fsp3) is 0.125. The third kappa shape index (κ3) is 2.60. The highest BCUT2D eigenvalue weighted by Gasteiger charge is 2.01. The molecule has 0 fully saturated rings. The van der Waals surface area contributed by atoms with Gasteiger partial charge in [-0.05, 0) is 28.1 Å². The van der Waals surface area contributed by atoms with Gasteiger partial charge in [0.05, 0.1) is 0 Å². The fourth-order valence-electron chi connectivity index (χ4n) is 0.690. The predicted molar refractivity (Wildman–Crippen MR) is 50.9 cm³/mol. The topological polar surface area (TPSA) is 17.1 Å². The van der Waals surface area contributed by atoms with Crippen LogP contribution in [0.5, 0.6) is 0 Å². The lowest BCUT2D eigenvalue weighted by molar-refractivity contribution is -0.113. The van der Waals surface area contributed by atoms with Crippen LogP contribution < -0.4 is 0 Å². The Hall–Kier alpha value is -0.410. The van der Waals surface area contributed by atoms with Crippen LogP contribution in [0.3, 0.4) is 0 Å². The van der Waals surface area contributed by atoms with E-state index in [2.05, 4.69) is 22.5 Å². The highest BCUT2D eigenvalue weighted by Crippen LogP contribution is 2.20. The van der Waals surface area contributed by atoms with Crippen molar-refractivity contribution >= 4 is 33.0 Å². The summed E-state index contributed by atoms with van der Waals surface area (Å²) in [5, 5.41) is 1.96. The van der Waals surface area contributed by atoms with Crippen molar-refractivity contribution in [3.05, 3.63) is 33.5 Å². The van der Waals surface area contributed by atoms with E-state index in [1.165, 1.54) is 6.08 Å². The molecular weight excluding hydrogens is 224 g/mol. The lowest BCUT2D eigenvalue weighted by Crippen LogP contribution is -1.94. The van der Waals surface area contributed by atoms with Crippen molar-refractivity contribution in [3.8, 4) is 0 Å². The average Bonchev–Trinajstić information content (AvgIpc) is 2.35. The summed E-state index contributed by atoms with van der Waals surface area (Å²) in [6.45, 7) is 3.41. The molecule has 0 atom stereocenters. The monoisotopic (exact) mass is 230 g/mol. The summed E-state index contributed by atoms with van der Waals surface area (Å²) in [6.07, 6.45) is 1.83. The number of carbonyl (C=O) groups excluding carboxylic acids is 1. The van der Waals surface area contributed by atoms with Gasteiger partial charge in [0.25, 0.3) is 0 Å². The van der Waals surface area contributed by atoms with Crippen LogP contribution in [0.2, 0.25) is 0 Å². The summed E-state index contributed by atoms with van der Waals surface area (Å²) in [6, 6.07) is 1.95. The molecule has 1 aromatic heterocycles. The van der Waals surface area contributed by atoms with Crippen LogP contribution in [0.15, 0.2) is 28.6 Å². The number of carbonyl (C=O) groups is 1. The van der Waals surface area contributed by atoms with Crippen molar-refractivity contribution in [2.45, 2.75) is 6.42 Å². The van der Waals surface area contributed by atoms with Crippen molar-refractivity contribution in [2.24, 2.45) is 0 Å². The largest absolute Gasteiger partial charge is 0.294 e. The molecule has 1 aromatic rings. The maximum atomic E-state index is 10.9. The first kappa shape index (κ1) is 8.68. The number of thiophene rings is 1. The van der Waals surface area contributed by atoms with Crippen LogP contribution in [-0.2, 0) is 11.2 Å². The van der Waals surface area contributed by atoms with Crippen LogP contribution in [0.4, 0.5) is 0 Å². The predicted octanol–water partition coefficient (Wildman–Crippen LogP) is 2.81. The molecule has 0 amide bonds. The Morgan fingerprint density at radius 3 is 3.00 bits per heavy atom. The van der Waals surface area contributed by atoms with E-state index in [1.54, 1.807) is 11.3 Å². The van der Waals surface area contributed by atoms with Gasteiger partial charge in [0, 0.05) is 21.2 Å². The smallest absolute Gasteiger partial charge is 0.160 e. The molecule has 1 rings (SSSR count). The molecule has 0 saturated carbocycles. The van der Waals surface area contributed by atoms with Gasteiger partial charge in [-0.3, -0.25) is 4.79 Å². The molecule has 0 spiro atoms. The van der Waals surface area contributed by atoms with Gasteiger partial charge in [-0.25, -0.2) is 0 Å². The van der Waals surface area contributed by atoms with Crippen molar-refractivity contribution in [1.82, 2.24) is 0 Å². The van der Waals surface area contributed by atoms with E-state index >= 15 is 0 Å². The van der Waals surface area contributed by atoms with Gasteiger partial charge < -0.3 is 0 Å². The summed E-state index contributed by atoms with van der Waals surface area (Å²) in [5.74, 6) is 0.0688. The summed E-state index contributed by atoms with van der Waals surface area (Å²) < 4.78 is 1.04. The maximum Gasteiger partial charge on any atom is 0.160 e. The van der Waals surface area contributed by atoms with Gasteiger partial charge in [-0.1, -0.05) is 6.58 Å².